The number of hydrogen-bond donors (Lipinski definition) is 1. The summed E-state index contributed by atoms with van der Waals surface area (Å²) in [5.41, 5.74) is 2.90. The summed E-state index contributed by atoms with van der Waals surface area (Å²) in [6, 6.07) is 13.5. The van der Waals surface area contributed by atoms with Gasteiger partial charge in [-0.1, -0.05) is 24.3 Å². The number of benzene rings is 2. The Morgan fingerprint density at radius 1 is 1.14 bits per heavy atom. The Bertz CT molecular complexity index is 580. The van der Waals surface area contributed by atoms with Crippen LogP contribution in [0.2, 0.25) is 0 Å². The van der Waals surface area contributed by atoms with Gasteiger partial charge in [0, 0.05) is 11.6 Å². The minimum Gasteiger partial charge on any atom is -0.497 e. The SMILES string of the molecule is CNC(CCc1ccc(OC)cc1)c1ccc(C)cc1F. The van der Waals surface area contributed by atoms with Crippen LogP contribution in [-0.4, -0.2) is 14.2 Å². The van der Waals surface area contributed by atoms with E-state index < -0.39 is 0 Å². The maximum Gasteiger partial charge on any atom is 0.128 e. The van der Waals surface area contributed by atoms with E-state index in [-0.39, 0.29) is 11.9 Å². The lowest BCUT2D eigenvalue weighted by molar-refractivity contribution is 0.414. The molecule has 0 aliphatic rings. The van der Waals surface area contributed by atoms with Crippen LogP contribution in [0, 0.1) is 12.7 Å². The zero-order valence-corrected chi connectivity index (χ0v) is 12.8. The highest BCUT2D eigenvalue weighted by atomic mass is 19.1. The maximum absolute atomic E-state index is 14.1. The third-order valence-corrected chi connectivity index (χ3v) is 3.76. The fraction of sp³-hybridized carbons (Fsp3) is 0.333. The van der Waals surface area contributed by atoms with Crippen LogP contribution in [0.1, 0.15) is 29.2 Å². The molecule has 2 aromatic carbocycles. The molecule has 112 valence electrons. The summed E-state index contributed by atoms with van der Waals surface area (Å²) in [7, 11) is 3.53. The van der Waals surface area contributed by atoms with Gasteiger partial charge in [0.25, 0.3) is 0 Å². The van der Waals surface area contributed by atoms with Crippen LogP contribution in [0.3, 0.4) is 0 Å². The fourth-order valence-electron chi connectivity index (χ4n) is 2.47. The van der Waals surface area contributed by atoms with Crippen LogP contribution >= 0.6 is 0 Å². The molecule has 1 atom stereocenters. The summed E-state index contributed by atoms with van der Waals surface area (Å²) in [5.74, 6) is 0.720. The molecule has 0 amide bonds. The van der Waals surface area contributed by atoms with E-state index in [0.29, 0.717) is 0 Å². The third kappa shape index (κ3) is 4.05. The molecule has 0 bridgehead atoms. The largest absolute Gasteiger partial charge is 0.497 e. The van der Waals surface area contributed by atoms with Crippen molar-refractivity contribution < 1.29 is 9.13 Å². The first kappa shape index (κ1) is 15.5. The first-order valence-corrected chi connectivity index (χ1v) is 7.20. The van der Waals surface area contributed by atoms with Gasteiger partial charge < -0.3 is 10.1 Å². The van der Waals surface area contributed by atoms with Gasteiger partial charge >= 0.3 is 0 Å². The molecule has 0 aliphatic heterocycles. The Labute approximate surface area is 126 Å². The summed E-state index contributed by atoms with van der Waals surface area (Å²) in [6.07, 6.45) is 1.74. The van der Waals surface area contributed by atoms with E-state index in [1.807, 2.05) is 38.2 Å². The Morgan fingerprint density at radius 2 is 1.86 bits per heavy atom. The highest BCUT2D eigenvalue weighted by molar-refractivity contribution is 5.29. The van der Waals surface area contributed by atoms with Crippen LogP contribution in [0.15, 0.2) is 42.5 Å². The van der Waals surface area contributed by atoms with Crippen LogP contribution in [0.25, 0.3) is 0 Å². The van der Waals surface area contributed by atoms with Gasteiger partial charge in [-0.2, -0.15) is 0 Å². The molecule has 2 aromatic rings. The van der Waals surface area contributed by atoms with Gasteiger partial charge in [-0.15, -0.1) is 0 Å². The molecule has 3 heteroatoms. The number of ether oxygens (including phenoxy) is 1. The molecule has 2 rings (SSSR count). The van der Waals surface area contributed by atoms with Crippen LogP contribution < -0.4 is 10.1 Å². The minimum absolute atomic E-state index is 0.0210. The highest BCUT2D eigenvalue weighted by Gasteiger charge is 2.14. The lowest BCUT2D eigenvalue weighted by Crippen LogP contribution is -2.18. The average Bonchev–Trinajstić information content (AvgIpc) is 2.50. The van der Waals surface area contributed by atoms with E-state index >= 15 is 0 Å². The average molecular weight is 287 g/mol. The van der Waals surface area contributed by atoms with Crippen molar-refractivity contribution in [1.82, 2.24) is 5.32 Å². The zero-order chi connectivity index (χ0) is 15.2. The van der Waals surface area contributed by atoms with Crippen molar-refractivity contribution >= 4 is 0 Å². The van der Waals surface area contributed by atoms with Gasteiger partial charge in [0.05, 0.1) is 7.11 Å². The van der Waals surface area contributed by atoms with Crippen molar-refractivity contribution in [3.63, 3.8) is 0 Å². The third-order valence-electron chi connectivity index (χ3n) is 3.76. The molecular weight excluding hydrogens is 265 g/mol. The quantitative estimate of drug-likeness (QED) is 0.866. The molecule has 2 nitrogen and oxygen atoms in total. The molecule has 0 saturated carbocycles. The van der Waals surface area contributed by atoms with Gasteiger partial charge in [0.2, 0.25) is 0 Å². The molecule has 0 radical (unpaired) electrons. The summed E-state index contributed by atoms with van der Waals surface area (Å²) < 4.78 is 19.2. The van der Waals surface area contributed by atoms with Crippen molar-refractivity contribution in [1.29, 1.82) is 0 Å². The van der Waals surface area contributed by atoms with E-state index in [2.05, 4.69) is 17.4 Å². The predicted molar refractivity (Wildman–Crippen MR) is 84.3 cm³/mol. The number of hydrogen-bond acceptors (Lipinski definition) is 2. The molecule has 0 fully saturated rings. The van der Waals surface area contributed by atoms with Crippen LogP contribution in [-0.2, 0) is 6.42 Å². The Morgan fingerprint density at radius 3 is 2.43 bits per heavy atom. The molecule has 0 aromatic heterocycles. The first-order valence-electron chi connectivity index (χ1n) is 7.20. The highest BCUT2D eigenvalue weighted by Crippen LogP contribution is 2.23. The smallest absolute Gasteiger partial charge is 0.128 e. The van der Waals surface area contributed by atoms with E-state index in [0.717, 1.165) is 29.7 Å². The minimum atomic E-state index is -0.135. The first-order chi connectivity index (χ1) is 10.1. The lowest BCUT2D eigenvalue weighted by atomic mass is 9.97. The summed E-state index contributed by atoms with van der Waals surface area (Å²) >= 11 is 0. The second-order valence-corrected chi connectivity index (χ2v) is 5.25. The number of halogens is 1. The molecule has 21 heavy (non-hydrogen) atoms. The van der Waals surface area contributed by atoms with Crippen molar-refractivity contribution in [3.8, 4) is 5.75 Å². The maximum atomic E-state index is 14.1. The van der Waals surface area contributed by atoms with Gasteiger partial charge in [-0.3, -0.25) is 0 Å². The molecule has 1 unspecified atom stereocenters. The van der Waals surface area contributed by atoms with Gasteiger partial charge in [0.15, 0.2) is 0 Å². The fourth-order valence-corrected chi connectivity index (χ4v) is 2.47. The monoisotopic (exact) mass is 287 g/mol. The molecule has 0 spiro atoms. The van der Waals surface area contributed by atoms with Crippen molar-refractivity contribution in [2.75, 3.05) is 14.2 Å². The number of aryl methyl sites for hydroxylation is 2. The Balaban J connectivity index is 2.04. The van der Waals surface area contributed by atoms with Crippen molar-refractivity contribution in [3.05, 3.63) is 65.0 Å². The Kier molecular flexibility index (Phi) is 5.34. The van der Waals surface area contributed by atoms with Gasteiger partial charge in [-0.05, 0) is 56.1 Å². The van der Waals surface area contributed by atoms with Gasteiger partial charge in [-0.25, -0.2) is 4.39 Å². The van der Waals surface area contributed by atoms with Gasteiger partial charge in [0.1, 0.15) is 11.6 Å². The van der Waals surface area contributed by atoms with Crippen molar-refractivity contribution in [2.24, 2.45) is 0 Å². The second kappa shape index (κ2) is 7.23. The lowest BCUT2D eigenvalue weighted by Gasteiger charge is -2.18. The second-order valence-electron chi connectivity index (χ2n) is 5.25. The van der Waals surface area contributed by atoms with Crippen LogP contribution in [0.5, 0.6) is 5.75 Å². The summed E-state index contributed by atoms with van der Waals surface area (Å²) in [5, 5.41) is 3.21. The van der Waals surface area contributed by atoms with E-state index in [9.17, 15) is 4.39 Å². The zero-order valence-electron chi connectivity index (χ0n) is 12.8. The molecular formula is C18H22FNO. The topological polar surface area (TPSA) is 21.3 Å². The Hall–Kier alpha value is -1.87. The molecule has 0 saturated heterocycles. The molecule has 0 aliphatic carbocycles. The normalized spacial score (nSPS) is 12.2. The summed E-state index contributed by atoms with van der Waals surface area (Å²) in [6.45, 7) is 1.90. The standard InChI is InChI=1S/C18H22FNO/c1-13-4-10-16(17(19)12-13)18(20-2)11-7-14-5-8-15(21-3)9-6-14/h4-6,8-10,12,18,20H,7,11H2,1-3H3. The van der Waals surface area contributed by atoms with E-state index in [1.54, 1.807) is 13.2 Å². The van der Waals surface area contributed by atoms with Crippen molar-refractivity contribution in [2.45, 2.75) is 25.8 Å². The number of nitrogens with one attached hydrogen (secondary N) is 1. The van der Waals surface area contributed by atoms with E-state index in [1.165, 1.54) is 5.56 Å². The molecule has 1 N–H and O–H groups in total. The van der Waals surface area contributed by atoms with E-state index in [4.69, 9.17) is 4.74 Å². The summed E-state index contributed by atoms with van der Waals surface area (Å²) in [4.78, 5) is 0. The number of methoxy groups -OCH3 is 1. The number of rotatable bonds is 6. The van der Waals surface area contributed by atoms with Crippen LogP contribution in [0.4, 0.5) is 4.39 Å². The predicted octanol–water partition coefficient (Wildman–Crippen LogP) is 4.04. The molecule has 0 heterocycles.